The zero-order valence-electron chi connectivity index (χ0n) is 15.7. The van der Waals surface area contributed by atoms with Gasteiger partial charge in [-0.25, -0.2) is 26.2 Å². The van der Waals surface area contributed by atoms with Crippen molar-refractivity contribution in [3.8, 4) is 12.3 Å². The highest BCUT2D eigenvalue weighted by Gasteiger charge is 2.35. The third kappa shape index (κ3) is 3.34. The molecule has 0 bridgehead atoms. The molecule has 1 heterocycles. The van der Waals surface area contributed by atoms with Crippen LogP contribution in [0.15, 0.2) is 36.4 Å². The Bertz CT molecular complexity index is 1250. The predicted octanol–water partition coefficient (Wildman–Crippen LogP) is 2.74. The lowest BCUT2D eigenvalue weighted by atomic mass is 9.83. The summed E-state index contributed by atoms with van der Waals surface area (Å²) in [5.41, 5.74) is 3.80. The number of halogens is 2. The van der Waals surface area contributed by atoms with Crippen LogP contribution in [-0.4, -0.2) is 27.7 Å². The summed E-state index contributed by atoms with van der Waals surface area (Å²) < 4.78 is 54.5. The Kier molecular flexibility index (Phi) is 5.11. The third-order valence-corrected chi connectivity index (χ3v) is 6.78. The number of aromatic nitrogens is 2. The van der Waals surface area contributed by atoms with Gasteiger partial charge in [0.05, 0.1) is 16.3 Å². The van der Waals surface area contributed by atoms with Gasteiger partial charge in [-0.15, -0.1) is 12.3 Å². The highest BCUT2D eigenvalue weighted by Crippen LogP contribution is 2.37. The molecule has 0 amide bonds. The Balaban J connectivity index is 2.33. The molecule has 1 aromatic heterocycles. The molecule has 2 aromatic carbocycles. The average Bonchev–Trinajstić information content (AvgIpc) is 2.99. The van der Waals surface area contributed by atoms with Crippen molar-refractivity contribution in [2.75, 3.05) is 5.73 Å². The summed E-state index contributed by atoms with van der Waals surface area (Å²) in [6.07, 6.45) is 5.00. The van der Waals surface area contributed by atoms with E-state index in [0.29, 0.717) is 0 Å². The summed E-state index contributed by atoms with van der Waals surface area (Å²) in [5, 5.41) is 10.5. The Hall–Kier alpha value is -2.96. The van der Waals surface area contributed by atoms with Crippen LogP contribution in [0.4, 0.5) is 14.7 Å². The van der Waals surface area contributed by atoms with Crippen LogP contribution >= 0.6 is 0 Å². The molecule has 0 fully saturated rings. The van der Waals surface area contributed by atoms with Gasteiger partial charge in [0.1, 0.15) is 17.2 Å². The van der Waals surface area contributed by atoms with Gasteiger partial charge in [0.25, 0.3) is 0 Å². The number of anilines is 1. The Morgan fingerprint density at radius 2 is 1.97 bits per heavy atom. The van der Waals surface area contributed by atoms with Crippen molar-refractivity contribution in [2.24, 2.45) is 0 Å². The van der Waals surface area contributed by atoms with Crippen LogP contribution < -0.4 is 5.73 Å². The minimum atomic E-state index is -3.87. The second-order valence-electron chi connectivity index (χ2n) is 6.90. The average molecular weight is 419 g/mol. The van der Waals surface area contributed by atoms with Crippen molar-refractivity contribution in [3.63, 3.8) is 0 Å². The minimum absolute atomic E-state index is 0.0764. The second kappa shape index (κ2) is 7.13. The van der Waals surface area contributed by atoms with E-state index in [0.717, 1.165) is 22.2 Å². The number of nitrogens with zero attached hydrogens (tertiary/aromatic N) is 2. The van der Waals surface area contributed by atoms with Crippen LogP contribution in [0.25, 0.3) is 11.0 Å². The number of fused-ring (bicyclic) bond motifs is 1. The molecule has 3 N–H and O–H groups in total. The standard InChI is InChI=1S/C20H19F2N3O3S/c1-4-9-20(26,15-11-14(21)6-7-16(15)22)13-5-8-17-18(10-13)25(19(23)24-17)29(27,28)12(2)3/h1,5-8,10-12,26H,9H2,2-3H3,(H2,23,24). The maximum absolute atomic E-state index is 14.4. The number of benzene rings is 2. The van der Waals surface area contributed by atoms with E-state index < -0.39 is 32.5 Å². The molecule has 9 heteroatoms. The van der Waals surface area contributed by atoms with E-state index >= 15 is 0 Å². The smallest absolute Gasteiger partial charge is 0.244 e. The van der Waals surface area contributed by atoms with E-state index in [1.165, 1.54) is 32.0 Å². The molecule has 1 atom stereocenters. The van der Waals surface area contributed by atoms with E-state index in [-0.39, 0.29) is 34.5 Å². The van der Waals surface area contributed by atoms with Crippen LogP contribution in [0.1, 0.15) is 31.4 Å². The number of nitrogen functional groups attached to an aromatic ring is 1. The monoisotopic (exact) mass is 419 g/mol. The van der Waals surface area contributed by atoms with Gasteiger partial charge in [-0.2, -0.15) is 0 Å². The largest absolute Gasteiger partial charge is 0.379 e. The maximum atomic E-state index is 14.4. The fraction of sp³-hybridized carbons (Fsp3) is 0.250. The lowest BCUT2D eigenvalue weighted by Gasteiger charge is -2.28. The molecule has 0 aliphatic rings. The highest BCUT2D eigenvalue weighted by molar-refractivity contribution is 7.90. The Morgan fingerprint density at radius 3 is 2.59 bits per heavy atom. The number of terminal acetylenes is 1. The quantitative estimate of drug-likeness (QED) is 0.620. The lowest BCUT2D eigenvalue weighted by molar-refractivity contribution is 0.0822. The molecule has 3 rings (SSSR count). The topological polar surface area (TPSA) is 98.2 Å². The molecule has 0 saturated carbocycles. The fourth-order valence-corrected chi connectivity index (χ4v) is 4.27. The van der Waals surface area contributed by atoms with Crippen molar-refractivity contribution in [1.82, 2.24) is 8.96 Å². The zero-order chi connectivity index (χ0) is 21.6. The number of rotatable bonds is 5. The van der Waals surface area contributed by atoms with E-state index in [4.69, 9.17) is 12.2 Å². The Labute approximate surface area is 167 Å². The molecule has 0 radical (unpaired) electrons. The van der Waals surface area contributed by atoms with Gasteiger partial charge in [-0.3, -0.25) is 0 Å². The summed E-state index contributed by atoms with van der Waals surface area (Å²) in [4.78, 5) is 4.04. The van der Waals surface area contributed by atoms with Crippen molar-refractivity contribution in [3.05, 3.63) is 59.2 Å². The van der Waals surface area contributed by atoms with Gasteiger partial charge < -0.3 is 10.8 Å². The van der Waals surface area contributed by atoms with E-state index in [1.807, 2.05) is 0 Å². The first-order valence-corrected chi connectivity index (χ1v) is 10.2. The number of imidazole rings is 1. The molecule has 6 nitrogen and oxygen atoms in total. The summed E-state index contributed by atoms with van der Waals surface area (Å²) in [5.74, 6) is 0.407. The molecule has 152 valence electrons. The van der Waals surface area contributed by atoms with Crippen LogP contribution in [0.5, 0.6) is 0 Å². The summed E-state index contributed by atoms with van der Waals surface area (Å²) in [6.45, 7) is 2.97. The maximum Gasteiger partial charge on any atom is 0.244 e. The number of hydrogen-bond donors (Lipinski definition) is 2. The molecule has 0 spiro atoms. The lowest BCUT2D eigenvalue weighted by Crippen LogP contribution is -2.29. The summed E-state index contributed by atoms with van der Waals surface area (Å²) in [7, 11) is -3.87. The van der Waals surface area contributed by atoms with Gasteiger partial charge >= 0.3 is 0 Å². The zero-order valence-corrected chi connectivity index (χ0v) is 16.5. The molecule has 0 aliphatic heterocycles. The number of aliphatic hydroxyl groups is 1. The van der Waals surface area contributed by atoms with Crippen LogP contribution in [0.2, 0.25) is 0 Å². The van der Waals surface area contributed by atoms with E-state index in [9.17, 15) is 22.3 Å². The molecular weight excluding hydrogens is 400 g/mol. The van der Waals surface area contributed by atoms with Crippen LogP contribution in [0.3, 0.4) is 0 Å². The first-order valence-electron chi connectivity index (χ1n) is 8.66. The van der Waals surface area contributed by atoms with Crippen LogP contribution in [0, 0.1) is 24.0 Å². The van der Waals surface area contributed by atoms with Crippen LogP contribution in [-0.2, 0) is 15.6 Å². The molecule has 0 saturated heterocycles. The third-order valence-electron chi connectivity index (χ3n) is 4.70. The minimum Gasteiger partial charge on any atom is -0.379 e. The van der Waals surface area contributed by atoms with E-state index in [2.05, 4.69) is 10.9 Å². The molecule has 29 heavy (non-hydrogen) atoms. The SMILES string of the molecule is C#CCC(O)(c1ccc2nc(N)n(S(=O)(=O)C(C)C)c2c1)c1cc(F)ccc1F. The van der Waals surface area contributed by atoms with Gasteiger partial charge in [-0.05, 0) is 49.7 Å². The van der Waals surface area contributed by atoms with Gasteiger partial charge in [-0.1, -0.05) is 6.07 Å². The normalized spacial score (nSPS) is 14.1. The van der Waals surface area contributed by atoms with Crippen molar-refractivity contribution < 1.29 is 22.3 Å². The van der Waals surface area contributed by atoms with Crippen molar-refractivity contribution in [2.45, 2.75) is 31.1 Å². The Morgan fingerprint density at radius 1 is 1.28 bits per heavy atom. The predicted molar refractivity (Wildman–Crippen MR) is 106 cm³/mol. The molecule has 1 unspecified atom stereocenters. The highest BCUT2D eigenvalue weighted by atomic mass is 32.2. The first-order chi connectivity index (χ1) is 13.5. The van der Waals surface area contributed by atoms with Gasteiger partial charge in [0.15, 0.2) is 0 Å². The van der Waals surface area contributed by atoms with E-state index in [1.54, 1.807) is 0 Å². The molecule has 3 aromatic rings. The number of hydrogen-bond acceptors (Lipinski definition) is 5. The summed E-state index contributed by atoms with van der Waals surface area (Å²) in [6, 6.07) is 6.84. The summed E-state index contributed by atoms with van der Waals surface area (Å²) >= 11 is 0. The first kappa shape index (κ1) is 20.8. The molecule has 0 aliphatic carbocycles. The number of nitrogens with two attached hydrogens (primary N) is 1. The molecular formula is C20H19F2N3O3S. The van der Waals surface area contributed by atoms with Gasteiger partial charge in [0.2, 0.25) is 16.0 Å². The fourth-order valence-electron chi connectivity index (χ4n) is 3.12. The van der Waals surface area contributed by atoms with Gasteiger partial charge in [0, 0.05) is 12.0 Å². The van der Waals surface area contributed by atoms with Crippen molar-refractivity contribution >= 4 is 27.0 Å². The second-order valence-corrected chi connectivity index (χ2v) is 9.23. The van der Waals surface area contributed by atoms with Crippen molar-refractivity contribution in [1.29, 1.82) is 0 Å².